The number of hydrogen-bond donors (Lipinski definition) is 8. The van der Waals surface area contributed by atoms with Gasteiger partial charge in [-0.25, -0.2) is 0 Å². The van der Waals surface area contributed by atoms with Crippen LogP contribution in [0.25, 0.3) is 0 Å². The van der Waals surface area contributed by atoms with E-state index in [9.17, 15) is 69.3 Å². The first-order valence-electron chi connectivity index (χ1n) is 23.5. The van der Waals surface area contributed by atoms with Crippen LogP contribution in [0.1, 0.15) is 25.7 Å². The number of carbonyl (C=O) groups excluding carboxylic acids is 7. The number of aliphatic hydroxyl groups is 8. The van der Waals surface area contributed by atoms with E-state index in [1.165, 1.54) is 0 Å². The lowest BCUT2D eigenvalue weighted by atomic mass is 9.96. The molecule has 0 aromatic heterocycles. The quantitative estimate of drug-likeness (QED) is 0.0348. The highest BCUT2D eigenvalue weighted by Gasteiger charge is 2.29. The average Bonchev–Trinajstić information content (AvgIpc) is 3.09. The number of aliphatic hydroxyl groups excluding tert-OH is 7. The molecule has 0 radical (unpaired) electrons. The lowest BCUT2D eigenvalue weighted by molar-refractivity contribution is -0.870. The van der Waals surface area contributed by atoms with Gasteiger partial charge in [-0.15, -0.1) is 0 Å². The van der Waals surface area contributed by atoms with E-state index < -0.39 is 73.1 Å². The van der Waals surface area contributed by atoms with Gasteiger partial charge in [-0.05, 0) is 0 Å². The third kappa shape index (κ3) is 145. The van der Waals surface area contributed by atoms with Gasteiger partial charge in [0.1, 0.15) is 51.4 Å². The van der Waals surface area contributed by atoms with E-state index in [-0.39, 0.29) is 46.2 Å². The Morgan fingerprint density at radius 3 is 0.421 bits per heavy atom. The van der Waals surface area contributed by atoms with Crippen LogP contribution in [-0.2, 0) is 33.6 Å². The molecule has 0 heterocycles. The van der Waals surface area contributed by atoms with Gasteiger partial charge in [-0.1, -0.05) is 0 Å². The van der Waals surface area contributed by atoms with Crippen molar-refractivity contribution in [3.8, 4) is 0 Å². The summed E-state index contributed by atoms with van der Waals surface area (Å²) in [4.78, 5) is 67.1. The summed E-state index contributed by atoms with van der Waals surface area (Å²) in [7, 11) is 43.1. The zero-order valence-electron chi connectivity index (χ0n) is 50.2. The van der Waals surface area contributed by atoms with Crippen LogP contribution < -0.4 is 35.7 Å². The van der Waals surface area contributed by atoms with Crippen molar-refractivity contribution in [1.29, 1.82) is 0 Å². The summed E-state index contributed by atoms with van der Waals surface area (Å²) in [5.41, 5.74) is -2.97. The fourth-order valence-corrected chi connectivity index (χ4v) is 3.02. The van der Waals surface area contributed by atoms with Crippen LogP contribution in [0.15, 0.2) is 0 Å². The Bertz CT molecular complexity index is 1240. The molecule has 0 saturated heterocycles. The molecule has 0 aliphatic rings. The molecule has 462 valence electrons. The molecule has 29 heteroatoms. The van der Waals surface area contributed by atoms with Crippen molar-refractivity contribution in [2.24, 2.45) is 0 Å². The summed E-state index contributed by atoms with van der Waals surface area (Å²) in [5, 5.41) is 135. The molecule has 0 aliphatic carbocycles. The smallest absolute Gasteiger partial charge is 0.114 e. The molecule has 0 amide bonds. The minimum atomic E-state index is -2.97. The molecule has 0 atom stereocenters. The number of carboxylic acid groups (broad SMARTS) is 7. The van der Waals surface area contributed by atoms with Crippen LogP contribution in [-0.4, -0.2) is 360 Å². The summed E-state index contributed by atoms with van der Waals surface area (Å²) in [6.07, 6.45) is -4.77. The summed E-state index contributed by atoms with van der Waals surface area (Å²) in [6.45, 7) is 7.80. The van der Waals surface area contributed by atoms with Gasteiger partial charge in [0.15, 0.2) is 0 Å². The Hall–Kier alpha value is -4.31. The van der Waals surface area contributed by atoms with E-state index in [1.54, 1.807) is 0 Å². The van der Waals surface area contributed by atoms with Crippen molar-refractivity contribution < 1.29 is 142 Å². The minimum absolute atomic E-state index is 0.281. The predicted molar refractivity (Wildman–Crippen MR) is 268 cm³/mol. The van der Waals surface area contributed by atoms with Crippen molar-refractivity contribution in [3.05, 3.63) is 0 Å². The van der Waals surface area contributed by atoms with Crippen molar-refractivity contribution >= 4 is 41.8 Å². The van der Waals surface area contributed by atoms with Gasteiger partial charge in [0.2, 0.25) is 0 Å². The first kappa shape index (κ1) is 94.1. The zero-order chi connectivity index (χ0) is 63.8. The topological polar surface area (TPSA) is 443 Å². The number of carboxylic acids is 7. The van der Waals surface area contributed by atoms with Gasteiger partial charge >= 0.3 is 0 Å². The van der Waals surface area contributed by atoms with Crippen LogP contribution in [0, 0.1) is 0 Å². The Kier molecular flexibility index (Phi) is 62.2. The molecule has 0 saturated carbocycles. The van der Waals surface area contributed by atoms with E-state index in [2.05, 4.69) is 148 Å². The summed E-state index contributed by atoms with van der Waals surface area (Å²) < 4.78 is 5.91. The van der Waals surface area contributed by atoms with Gasteiger partial charge in [-0.2, -0.15) is 0 Å². The number of carbonyl (C=O) groups is 7. The summed E-state index contributed by atoms with van der Waals surface area (Å²) in [6, 6.07) is 0. The van der Waals surface area contributed by atoms with Crippen LogP contribution in [0.3, 0.4) is 0 Å². The van der Waals surface area contributed by atoms with Gasteiger partial charge in [0.25, 0.3) is 0 Å². The maximum Gasteiger partial charge on any atom is 0.114 e. The van der Waals surface area contributed by atoms with Crippen molar-refractivity contribution in [2.45, 2.75) is 31.3 Å². The van der Waals surface area contributed by atoms with Crippen LogP contribution in [0.4, 0.5) is 0 Å². The lowest BCUT2D eigenvalue weighted by Crippen LogP contribution is -2.54. The van der Waals surface area contributed by atoms with E-state index in [0.29, 0.717) is 0 Å². The molecule has 76 heavy (non-hydrogen) atoms. The number of hydrogen-bond acceptors (Lipinski definition) is 22. The highest BCUT2D eigenvalue weighted by Crippen LogP contribution is 2.13. The van der Waals surface area contributed by atoms with Gasteiger partial charge < -0.3 is 142 Å². The van der Waals surface area contributed by atoms with Crippen LogP contribution in [0.2, 0.25) is 0 Å². The van der Waals surface area contributed by atoms with Gasteiger partial charge in [0, 0.05) is 61.5 Å². The summed E-state index contributed by atoms with van der Waals surface area (Å²) >= 11 is 0. The molecule has 0 spiro atoms. The zero-order valence-corrected chi connectivity index (χ0v) is 50.2. The molecule has 0 fully saturated rings. The Morgan fingerprint density at radius 1 is 0.276 bits per heavy atom. The monoisotopic (exact) mass is 1120 g/mol. The second-order valence-electron chi connectivity index (χ2n) is 23.4. The second kappa shape index (κ2) is 50.2. The molecule has 0 aliphatic heterocycles. The van der Waals surface area contributed by atoms with E-state index >= 15 is 0 Å². The molecular weight excluding hydrogens is 1010 g/mol. The molecule has 0 aromatic rings. The first-order chi connectivity index (χ1) is 33.5. The van der Waals surface area contributed by atoms with Gasteiger partial charge in [0.05, 0.1) is 200 Å². The van der Waals surface area contributed by atoms with Crippen LogP contribution in [0.5, 0.6) is 0 Å². The molecule has 8 N–H and O–H groups in total. The first-order valence-corrected chi connectivity index (χ1v) is 23.5. The molecule has 0 rings (SSSR count). The molecule has 0 bridgehead atoms. The lowest BCUT2D eigenvalue weighted by Gasteiger charge is -2.29. The SMILES string of the molecule is C[N+](C)(C)CCO.C[N+](C)(C)CCO.C[N+](C)(C)CCO.C[N+](C)(C)CCO.C[N+](C)(C)CCO.C[N+](C)(C)CCO.C[N+](C)(C)CCO.O=C([O-])CC(=O)[O-].O=C([O-])CC(=O)[O-].O=C([O-])CC(O)(CC(=O)[O-])C(=O)[O-]. The van der Waals surface area contributed by atoms with Gasteiger partial charge in [-0.3, -0.25) is 0 Å². The Morgan fingerprint density at radius 2 is 0.395 bits per heavy atom. The largest absolute Gasteiger partial charge is 0.550 e. The fraction of sp³-hybridized carbons (Fsp3) is 0.851. The number of aliphatic carboxylic acids is 7. The van der Waals surface area contributed by atoms with Crippen molar-refractivity contribution in [2.75, 3.05) is 240 Å². The van der Waals surface area contributed by atoms with Crippen LogP contribution >= 0.6 is 0 Å². The maximum absolute atomic E-state index is 10.1. The molecule has 29 nitrogen and oxygen atoms in total. The second-order valence-corrected chi connectivity index (χ2v) is 23.4. The predicted octanol–water partition coefficient (Wildman–Crippen LogP) is -13.7. The number of rotatable bonds is 23. The van der Waals surface area contributed by atoms with E-state index in [1.807, 2.05) is 0 Å². The number of likely N-dealkylation sites (N-methyl/N-ethyl adjacent to an activating group) is 7. The van der Waals surface area contributed by atoms with Crippen molar-refractivity contribution in [3.63, 3.8) is 0 Å². The molecule has 0 aromatic carbocycles. The highest BCUT2D eigenvalue weighted by atomic mass is 16.4. The standard InChI is InChI=1S/C6H8O7.7C5H14NO.2C3H4O4/c7-3(8)1-6(13,5(11)12)2-4(9)10;7*1-6(2,3)4-5-7;2*4-2(5)1-3(6)7/h13H,1-2H2,(H,7,8)(H,9,10)(H,11,12);7*7H,4-5H2,1-3H3;2*1H2,(H,4,5)(H,6,7)/q;7*+1;;/p-7. The maximum atomic E-state index is 10.1. The minimum Gasteiger partial charge on any atom is -0.550 e. The highest BCUT2D eigenvalue weighted by molar-refractivity contribution is 5.87. The Balaban J connectivity index is -0.0000000803. The normalized spacial score (nSPS) is 11.1. The Labute approximate surface area is 453 Å². The number of nitrogens with zero attached hydrogens (tertiary/aromatic N) is 7. The number of quaternary nitrogens is 7. The fourth-order valence-electron chi connectivity index (χ4n) is 3.02. The van der Waals surface area contributed by atoms with E-state index in [4.69, 9.17) is 40.9 Å². The third-order valence-electron chi connectivity index (χ3n) is 7.23. The third-order valence-corrected chi connectivity index (χ3v) is 7.23. The summed E-state index contributed by atoms with van der Waals surface area (Å²) in [5.74, 6) is -12.5. The molecule has 0 unspecified atom stereocenters. The average molecular weight is 1120 g/mol. The van der Waals surface area contributed by atoms with Crippen molar-refractivity contribution in [1.82, 2.24) is 0 Å². The van der Waals surface area contributed by atoms with E-state index in [0.717, 1.165) is 77.2 Å². The molecular formula is C47H107N7O22.